The molecule has 0 amide bonds. The Morgan fingerprint density at radius 1 is 0.694 bits per heavy atom. The van der Waals surface area contributed by atoms with Crippen molar-refractivity contribution >= 4 is 24.8 Å². The van der Waals surface area contributed by atoms with Gasteiger partial charge in [-0.25, -0.2) is 12.2 Å². The first-order chi connectivity index (χ1) is 21.9. The molecule has 0 aliphatic heterocycles. The summed E-state index contributed by atoms with van der Waals surface area (Å²) >= 11 is 1.10. The molecule has 1 aliphatic carbocycles. The SMILES string of the molecule is Cc1cc2[cH-]c3cc(C)c(C(C)(C)C)cc3c2cc1C(C)(C)C.Cc1ccc([C](=[Zr+2])c2cccc(C(F)(F)F)c2)cc1.[C-]1=CC=CC1.[Cl-].[Cl-]. The molecular weight excluding hydrogens is 736 g/mol. The number of hydrogen-bond donors (Lipinski definition) is 0. The maximum Gasteiger partial charge on any atom is -0.109 e. The summed E-state index contributed by atoms with van der Waals surface area (Å²) < 4.78 is 39.0. The Hall–Kier alpha value is -2.65. The number of aryl methyl sites for hydroxylation is 3. The molecule has 0 saturated heterocycles. The van der Waals surface area contributed by atoms with E-state index in [0.29, 0.717) is 5.56 Å². The maximum atomic E-state index is 12.7. The second-order valence-electron chi connectivity index (χ2n) is 14.5. The van der Waals surface area contributed by atoms with Crippen molar-refractivity contribution in [1.29, 1.82) is 0 Å². The third-order valence-corrected chi connectivity index (χ3v) is 9.83. The van der Waals surface area contributed by atoms with Crippen LogP contribution < -0.4 is 24.8 Å². The van der Waals surface area contributed by atoms with Crippen molar-refractivity contribution in [2.24, 2.45) is 0 Å². The summed E-state index contributed by atoms with van der Waals surface area (Å²) in [4.78, 5) is 0. The van der Waals surface area contributed by atoms with Crippen LogP contribution in [-0.4, -0.2) is 3.21 Å². The summed E-state index contributed by atoms with van der Waals surface area (Å²) in [7, 11) is 0. The molecule has 6 heteroatoms. The molecule has 0 unspecified atom stereocenters. The van der Waals surface area contributed by atoms with E-state index in [-0.39, 0.29) is 35.6 Å². The van der Waals surface area contributed by atoms with Gasteiger partial charge in [-0.2, -0.15) is 6.08 Å². The van der Waals surface area contributed by atoms with Crippen LogP contribution >= 0.6 is 0 Å². The van der Waals surface area contributed by atoms with Gasteiger partial charge in [0.15, 0.2) is 0 Å². The monoisotopic (exact) mass is 778 g/mol. The largest absolute Gasteiger partial charge is 1.00 e. The first-order valence-corrected chi connectivity index (χ1v) is 17.3. The number of rotatable bonds is 2. The minimum absolute atomic E-state index is 0. The number of fused-ring (bicyclic) bond motifs is 3. The zero-order valence-electron chi connectivity index (χ0n) is 29.8. The summed E-state index contributed by atoms with van der Waals surface area (Å²) in [5.74, 6) is 0. The predicted molar refractivity (Wildman–Crippen MR) is 191 cm³/mol. The minimum atomic E-state index is -4.29. The maximum absolute atomic E-state index is 12.7. The van der Waals surface area contributed by atoms with Crippen molar-refractivity contribution < 1.29 is 62.2 Å². The van der Waals surface area contributed by atoms with Crippen molar-refractivity contribution in [2.45, 2.75) is 85.7 Å². The van der Waals surface area contributed by atoms with Gasteiger partial charge in [0, 0.05) is 0 Å². The molecule has 0 nitrogen and oxygen atoms in total. The molecule has 6 rings (SSSR count). The van der Waals surface area contributed by atoms with Gasteiger partial charge in [-0.15, -0.1) is 46.2 Å². The van der Waals surface area contributed by atoms with Crippen molar-refractivity contribution in [3.05, 3.63) is 148 Å². The van der Waals surface area contributed by atoms with Crippen molar-refractivity contribution in [1.82, 2.24) is 0 Å². The second kappa shape index (κ2) is 17.0. The molecule has 0 bridgehead atoms. The Morgan fingerprint density at radius 2 is 1.20 bits per heavy atom. The van der Waals surface area contributed by atoms with Gasteiger partial charge in [-0.05, 0) is 24.7 Å². The average Bonchev–Trinajstić information content (AvgIpc) is 3.67. The van der Waals surface area contributed by atoms with E-state index in [1.165, 1.54) is 55.9 Å². The van der Waals surface area contributed by atoms with Crippen LogP contribution in [0.1, 0.15) is 92.5 Å². The zero-order chi connectivity index (χ0) is 34.7. The topological polar surface area (TPSA) is 0 Å². The van der Waals surface area contributed by atoms with Crippen LogP contribution in [0.4, 0.5) is 13.2 Å². The predicted octanol–water partition coefficient (Wildman–Crippen LogP) is 6.37. The smallest absolute Gasteiger partial charge is 0.109 e. The molecule has 1 aliphatic rings. The minimum Gasteiger partial charge on any atom is -1.00 e. The van der Waals surface area contributed by atoms with E-state index in [1.807, 2.05) is 43.3 Å². The molecular formula is C43H45Cl2F3Zr-2. The molecule has 0 heterocycles. The third kappa shape index (κ3) is 10.9. The van der Waals surface area contributed by atoms with E-state index in [4.69, 9.17) is 0 Å². The summed E-state index contributed by atoms with van der Waals surface area (Å²) in [6.07, 6.45) is 5.71. The third-order valence-electron chi connectivity index (χ3n) is 8.41. The fourth-order valence-corrected chi connectivity index (χ4v) is 6.82. The molecule has 5 aromatic rings. The van der Waals surface area contributed by atoms with E-state index in [1.54, 1.807) is 6.07 Å². The van der Waals surface area contributed by atoms with Crippen LogP contribution in [0.25, 0.3) is 21.5 Å². The van der Waals surface area contributed by atoms with Crippen molar-refractivity contribution in [2.75, 3.05) is 0 Å². The Balaban J connectivity index is 0.000000290. The molecule has 0 spiro atoms. The molecule has 0 aromatic heterocycles. The van der Waals surface area contributed by atoms with Gasteiger partial charge in [0.25, 0.3) is 0 Å². The summed E-state index contributed by atoms with van der Waals surface area (Å²) in [6.45, 7) is 20.3. The normalized spacial score (nSPS) is 12.4. The zero-order valence-corrected chi connectivity index (χ0v) is 33.8. The number of hydrogen-bond acceptors (Lipinski definition) is 0. The van der Waals surface area contributed by atoms with Gasteiger partial charge < -0.3 is 24.8 Å². The molecule has 0 fully saturated rings. The molecule has 0 saturated carbocycles. The molecule has 0 atom stereocenters. The van der Waals surface area contributed by atoms with E-state index >= 15 is 0 Å². The van der Waals surface area contributed by atoms with Gasteiger partial charge in [0.2, 0.25) is 0 Å². The van der Waals surface area contributed by atoms with Crippen LogP contribution in [0.3, 0.4) is 0 Å². The quantitative estimate of drug-likeness (QED) is 0.183. The summed E-state index contributed by atoms with van der Waals surface area (Å²) in [5, 5.41) is 5.55. The van der Waals surface area contributed by atoms with Crippen LogP contribution in [0.15, 0.2) is 97.1 Å². The molecule has 5 aromatic carbocycles. The van der Waals surface area contributed by atoms with E-state index in [2.05, 4.69) is 97.9 Å². The first-order valence-electron chi connectivity index (χ1n) is 16.1. The number of halogens is 5. The Morgan fingerprint density at radius 3 is 1.59 bits per heavy atom. The van der Waals surface area contributed by atoms with Crippen molar-refractivity contribution in [3.8, 4) is 0 Å². The Bertz CT molecular complexity index is 1860. The Kier molecular flexibility index (Phi) is 14.8. The summed E-state index contributed by atoms with van der Waals surface area (Å²) in [6, 6.07) is 25.2. The molecule has 258 valence electrons. The molecule has 0 radical (unpaired) electrons. The van der Waals surface area contributed by atoms with Crippen LogP contribution in [0, 0.1) is 26.8 Å². The molecule has 49 heavy (non-hydrogen) atoms. The van der Waals surface area contributed by atoms with Crippen LogP contribution in [0.5, 0.6) is 0 Å². The van der Waals surface area contributed by atoms with Crippen molar-refractivity contribution in [3.63, 3.8) is 0 Å². The summed E-state index contributed by atoms with van der Waals surface area (Å²) in [5.41, 5.74) is 8.21. The van der Waals surface area contributed by atoms with Gasteiger partial charge in [-0.1, -0.05) is 75.9 Å². The average molecular weight is 781 g/mol. The van der Waals surface area contributed by atoms with Gasteiger partial charge in [0.05, 0.1) is 0 Å². The first kappa shape index (κ1) is 42.5. The van der Waals surface area contributed by atoms with Crippen LogP contribution in [-0.2, 0) is 41.2 Å². The fraction of sp³-hybridized carbons (Fsp3) is 0.302. The standard InChI is InChI=1S/C23H29.C15H11F3.C5H5.2ClH.Zr/c1-14-9-16-11-17-10-15(2)21(23(6,7)8)13-19(17)18(16)12-20(14)22(3,4)5;1-11-5-7-12(8-6-11)9-13-3-2-4-14(10-13)15(16,17)18;1-2-4-5-3-1;;;/h9-13H,1-8H3;2-8,10H,1H3;1-3H,4H2;2*1H;/q-1;;-1;;;+2/p-2. The fourth-order valence-electron chi connectivity index (χ4n) is 6.03. The number of alkyl halides is 3. The van der Waals surface area contributed by atoms with E-state index < -0.39 is 11.7 Å². The van der Waals surface area contributed by atoms with Gasteiger partial charge in [0.1, 0.15) is 0 Å². The number of allylic oxidation sites excluding steroid dienone is 4. The van der Waals surface area contributed by atoms with Crippen LogP contribution in [0.2, 0.25) is 0 Å². The second-order valence-corrected chi connectivity index (χ2v) is 15.7. The van der Waals surface area contributed by atoms with E-state index in [9.17, 15) is 13.2 Å². The Labute approximate surface area is 318 Å². The van der Waals surface area contributed by atoms with Gasteiger partial charge in [-0.3, -0.25) is 6.08 Å². The molecule has 0 N–H and O–H groups in total. The van der Waals surface area contributed by atoms with Gasteiger partial charge >= 0.3 is 124 Å². The van der Waals surface area contributed by atoms with E-state index in [0.717, 1.165) is 51.1 Å². The number of benzene rings is 4.